The highest BCUT2D eigenvalue weighted by molar-refractivity contribution is 7.12. The Morgan fingerprint density at radius 3 is 2.68 bits per heavy atom. The molecule has 34 heavy (non-hydrogen) atoms. The largest absolute Gasteiger partial charge is 0.490 e. The predicted octanol–water partition coefficient (Wildman–Crippen LogP) is 4.68. The lowest BCUT2D eigenvalue weighted by atomic mass is 10.1. The number of amides is 1. The van der Waals surface area contributed by atoms with E-state index in [0.29, 0.717) is 53.2 Å². The number of nitrogens with one attached hydrogen (secondary N) is 1. The molecule has 0 saturated carbocycles. The van der Waals surface area contributed by atoms with E-state index in [2.05, 4.69) is 5.32 Å². The van der Waals surface area contributed by atoms with Crippen molar-refractivity contribution in [3.63, 3.8) is 0 Å². The monoisotopic (exact) mass is 476 g/mol. The van der Waals surface area contributed by atoms with Crippen molar-refractivity contribution in [3.05, 3.63) is 69.9 Å². The molecule has 8 nitrogen and oxygen atoms in total. The summed E-state index contributed by atoms with van der Waals surface area (Å²) in [5.41, 5.74) is 0.898. The topological polar surface area (TPSA) is 107 Å². The first kappa shape index (κ1) is 22.9. The van der Waals surface area contributed by atoms with Crippen LogP contribution in [0.15, 0.2) is 59.5 Å². The molecule has 0 bridgehead atoms. The highest BCUT2D eigenvalue weighted by Gasteiger charge is 2.17. The minimum absolute atomic E-state index is 0.110. The van der Waals surface area contributed by atoms with Gasteiger partial charge in [-0.3, -0.25) is 4.79 Å². The number of hydrogen-bond donors (Lipinski definition) is 1. The highest BCUT2D eigenvalue weighted by atomic mass is 32.1. The molecule has 9 heteroatoms. The number of thiophene rings is 1. The number of nitriles is 1. The van der Waals surface area contributed by atoms with Crippen LogP contribution in [0.5, 0.6) is 23.0 Å². The Bertz CT molecular complexity index is 1280. The van der Waals surface area contributed by atoms with Gasteiger partial charge in [0.15, 0.2) is 23.0 Å². The van der Waals surface area contributed by atoms with Crippen LogP contribution in [-0.2, 0) is 4.79 Å². The van der Waals surface area contributed by atoms with Crippen molar-refractivity contribution in [3.8, 4) is 29.1 Å². The van der Waals surface area contributed by atoms with E-state index in [-0.39, 0.29) is 11.3 Å². The summed E-state index contributed by atoms with van der Waals surface area (Å²) in [5.74, 6) is 0.632. The molecule has 0 spiro atoms. The van der Waals surface area contributed by atoms with Crippen LogP contribution < -0.4 is 24.3 Å². The van der Waals surface area contributed by atoms with Crippen LogP contribution in [-0.4, -0.2) is 31.7 Å². The average molecular weight is 477 g/mol. The smallest absolute Gasteiger partial charge is 0.353 e. The second kappa shape index (κ2) is 10.6. The number of rotatable bonds is 7. The van der Waals surface area contributed by atoms with Crippen LogP contribution in [0.25, 0.3) is 6.08 Å². The van der Waals surface area contributed by atoms with Gasteiger partial charge in [0, 0.05) is 11.8 Å². The highest BCUT2D eigenvalue weighted by Crippen LogP contribution is 2.33. The van der Waals surface area contributed by atoms with Gasteiger partial charge >= 0.3 is 5.97 Å². The van der Waals surface area contributed by atoms with E-state index in [1.807, 2.05) is 6.07 Å². The van der Waals surface area contributed by atoms with Crippen molar-refractivity contribution < 1.29 is 28.5 Å². The Kier molecular flexibility index (Phi) is 7.10. The maximum Gasteiger partial charge on any atom is 0.353 e. The first-order chi connectivity index (χ1) is 16.6. The molecule has 172 valence electrons. The lowest BCUT2D eigenvalue weighted by Gasteiger charge is -2.18. The molecule has 1 aromatic heterocycles. The van der Waals surface area contributed by atoms with E-state index in [0.717, 1.165) is 0 Å². The molecule has 0 radical (unpaired) electrons. The molecule has 0 fully saturated rings. The second-order valence-corrected chi connectivity index (χ2v) is 7.94. The summed E-state index contributed by atoms with van der Waals surface area (Å²) >= 11 is 1.28. The van der Waals surface area contributed by atoms with Gasteiger partial charge in [0.2, 0.25) is 0 Å². The van der Waals surface area contributed by atoms with E-state index in [4.69, 9.17) is 18.9 Å². The van der Waals surface area contributed by atoms with Crippen molar-refractivity contribution in [1.82, 2.24) is 0 Å². The summed E-state index contributed by atoms with van der Waals surface area (Å²) in [4.78, 5) is 25.5. The Hall–Kier alpha value is -4.29. The molecular weight excluding hydrogens is 456 g/mol. The third kappa shape index (κ3) is 5.36. The Labute approximate surface area is 199 Å². The fraction of sp³-hybridized carbons (Fsp3) is 0.160. The van der Waals surface area contributed by atoms with E-state index < -0.39 is 11.9 Å². The number of esters is 1. The summed E-state index contributed by atoms with van der Waals surface area (Å²) in [6.07, 6.45) is 1.43. The van der Waals surface area contributed by atoms with Gasteiger partial charge in [0.1, 0.15) is 29.7 Å². The number of hydrogen-bond acceptors (Lipinski definition) is 8. The van der Waals surface area contributed by atoms with Crippen LogP contribution >= 0.6 is 11.3 Å². The fourth-order valence-corrected chi connectivity index (χ4v) is 3.75. The number of carbonyl (C=O) groups excluding carboxylic acids is 2. The van der Waals surface area contributed by atoms with E-state index >= 15 is 0 Å². The van der Waals surface area contributed by atoms with Crippen LogP contribution in [0.2, 0.25) is 0 Å². The van der Waals surface area contributed by atoms with Gasteiger partial charge in [-0.2, -0.15) is 5.26 Å². The van der Waals surface area contributed by atoms with Gasteiger partial charge in [-0.15, -0.1) is 11.3 Å². The number of benzene rings is 2. The third-order valence-corrected chi connectivity index (χ3v) is 5.52. The SMILES string of the molecule is CCOc1cc(/C=C(/C#N)C(=O)Nc2ccc3c(c2)OCCO3)ccc1OC(=O)c1cccs1. The predicted molar refractivity (Wildman–Crippen MR) is 127 cm³/mol. The van der Waals surface area contributed by atoms with Gasteiger partial charge in [-0.05, 0) is 54.3 Å². The quantitative estimate of drug-likeness (QED) is 0.228. The number of ether oxygens (including phenoxy) is 4. The van der Waals surface area contributed by atoms with Crippen LogP contribution in [0, 0.1) is 11.3 Å². The number of fused-ring (bicyclic) bond motifs is 1. The van der Waals surface area contributed by atoms with Crippen LogP contribution in [0.3, 0.4) is 0 Å². The number of anilines is 1. The van der Waals surface area contributed by atoms with E-state index in [1.165, 1.54) is 17.4 Å². The van der Waals surface area contributed by atoms with E-state index in [9.17, 15) is 14.9 Å². The third-order valence-electron chi connectivity index (χ3n) is 4.67. The van der Waals surface area contributed by atoms with Crippen molar-refractivity contribution >= 4 is 35.0 Å². The molecule has 0 aliphatic carbocycles. The first-order valence-electron chi connectivity index (χ1n) is 10.4. The zero-order valence-electron chi connectivity index (χ0n) is 18.2. The maximum atomic E-state index is 12.7. The summed E-state index contributed by atoms with van der Waals surface area (Å²) in [7, 11) is 0. The molecule has 1 N–H and O–H groups in total. The zero-order valence-corrected chi connectivity index (χ0v) is 19.0. The first-order valence-corrected chi connectivity index (χ1v) is 11.3. The maximum absolute atomic E-state index is 12.7. The summed E-state index contributed by atoms with van der Waals surface area (Å²) in [5, 5.41) is 14.0. The second-order valence-electron chi connectivity index (χ2n) is 6.99. The molecule has 0 atom stereocenters. The van der Waals surface area contributed by atoms with Crippen molar-refractivity contribution in [1.29, 1.82) is 5.26 Å². The van der Waals surface area contributed by atoms with Crippen molar-refractivity contribution in [2.75, 3.05) is 25.1 Å². The molecular formula is C25H20N2O6S. The Morgan fingerprint density at radius 1 is 1.12 bits per heavy atom. The molecule has 4 rings (SSSR count). The summed E-state index contributed by atoms with van der Waals surface area (Å²) < 4.78 is 22.1. The van der Waals surface area contributed by atoms with Gasteiger partial charge in [0.05, 0.1) is 6.61 Å². The van der Waals surface area contributed by atoms with Gasteiger partial charge in [0.25, 0.3) is 5.91 Å². The molecule has 1 amide bonds. The van der Waals surface area contributed by atoms with Gasteiger partial charge in [-0.1, -0.05) is 12.1 Å². The molecule has 2 heterocycles. The average Bonchev–Trinajstić information content (AvgIpc) is 3.39. The Balaban J connectivity index is 1.52. The minimum atomic E-state index is -0.578. The lowest BCUT2D eigenvalue weighted by Crippen LogP contribution is -2.17. The standard InChI is InChI=1S/C25H20N2O6S/c1-2-30-21-13-16(5-7-20(21)33-25(29)23-4-3-11-34-23)12-17(15-26)24(28)27-18-6-8-19-22(14-18)32-10-9-31-19/h3-8,11-14H,2,9-10H2,1H3,(H,27,28)/b17-12-. The van der Waals surface area contributed by atoms with Crippen molar-refractivity contribution in [2.24, 2.45) is 0 Å². The van der Waals surface area contributed by atoms with Crippen LogP contribution in [0.1, 0.15) is 22.2 Å². The number of nitrogens with zero attached hydrogens (tertiary/aromatic N) is 1. The molecule has 1 aliphatic heterocycles. The van der Waals surface area contributed by atoms with Gasteiger partial charge in [-0.25, -0.2) is 4.79 Å². The number of carbonyl (C=O) groups is 2. The van der Waals surface area contributed by atoms with E-state index in [1.54, 1.807) is 60.8 Å². The van der Waals surface area contributed by atoms with Gasteiger partial charge < -0.3 is 24.3 Å². The molecule has 0 unspecified atom stereocenters. The normalized spacial score (nSPS) is 12.4. The molecule has 0 saturated heterocycles. The Morgan fingerprint density at radius 2 is 1.94 bits per heavy atom. The molecule has 2 aromatic carbocycles. The summed E-state index contributed by atoms with van der Waals surface area (Å²) in [6.45, 7) is 3.03. The minimum Gasteiger partial charge on any atom is -0.490 e. The van der Waals surface area contributed by atoms with Crippen molar-refractivity contribution in [2.45, 2.75) is 6.92 Å². The molecule has 1 aliphatic rings. The lowest BCUT2D eigenvalue weighted by molar-refractivity contribution is -0.112. The van der Waals surface area contributed by atoms with Crippen LogP contribution in [0.4, 0.5) is 5.69 Å². The molecule has 3 aromatic rings. The summed E-state index contributed by atoms with van der Waals surface area (Å²) in [6, 6.07) is 15.2. The fourth-order valence-electron chi connectivity index (χ4n) is 3.15. The zero-order chi connectivity index (χ0) is 23.9.